The molecule has 0 aliphatic carbocycles. The fourth-order valence-corrected chi connectivity index (χ4v) is 4.61. The van der Waals surface area contributed by atoms with Crippen molar-refractivity contribution in [3.05, 3.63) is 112 Å². The minimum Gasteiger partial charge on any atom is -0.508 e. The first kappa shape index (κ1) is 25.0. The number of carbonyl (C=O) groups excluding carboxylic acids is 1. The molecule has 4 N–H and O–H groups in total. The molecule has 2 heterocycles. The molecule has 9 heteroatoms. The van der Waals surface area contributed by atoms with Gasteiger partial charge in [-0.25, -0.2) is 4.79 Å². The van der Waals surface area contributed by atoms with E-state index in [2.05, 4.69) is 0 Å². The van der Waals surface area contributed by atoms with Crippen LogP contribution in [-0.4, -0.2) is 22.2 Å². The quantitative estimate of drug-likeness (QED) is 0.270. The van der Waals surface area contributed by atoms with Gasteiger partial charge in [-0.05, 0) is 25.1 Å². The number of hydrogen-bond acceptors (Lipinski definition) is 9. The Bertz CT molecular complexity index is 1770. The second-order valence-corrected chi connectivity index (χ2v) is 9.35. The number of fused-ring (bicyclic) bond motifs is 2. The van der Waals surface area contributed by atoms with Crippen molar-refractivity contribution >= 4 is 16.9 Å². The van der Waals surface area contributed by atoms with Crippen molar-refractivity contribution in [1.29, 1.82) is 0 Å². The Hall–Kier alpha value is -5.28. The molecule has 0 spiro atoms. The zero-order chi connectivity index (χ0) is 28.0. The molecule has 6 rings (SSSR count). The van der Waals surface area contributed by atoms with Crippen molar-refractivity contribution in [3.8, 4) is 40.1 Å². The van der Waals surface area contributed by atoms with E-state index in [9.17, 15) is 19.8 Å². The maximum Gasteiger partial charge on any atom is 0.328 e. The number of phenols is 2. The molecule has 0 fully saturated rings. The van der Waals surface area contributed by atoms with Gasteiger partial charge >= 0.3 is 11.8 Å². The van der Waals surface area contributed by atoms with Gasteiger partial charge in [-0.1, -0.05) is 60.7 Å². The first-order valence-electron chi connectivity index (χ1n) is 12.4. The maximum absolute atomic E-state index is 13.4. The molecule has 0 saturated carbocycles. The van der Waals surface area contributed by atoms with Gasteiger partial charge in [-0.15, -0.1) is 0 Å². The Morgan fingerprint density at radius 1 is 0.875 bits per heavy atom. The van der Waals surface area contributed by atoms with E-state index in [0.717, 1.165) is 17.2 Å². The van der Waals surface area contributed by atoms with Crippen LogP contribution >= 0.6 is 0 Å². The molecule has 4 aromatic carbocycles. The molecule has 1 atom stereocenters. The summed E-state index contributed by atoms with van der Waals surface area (Å²) in [5.74, 6) is -2.82. The summed E-state index contributed by atoms with van der Waals surface area (Å²) >= 11 is 0. The summed E-state index contributed by atoms with van der Waals surface area (Å²) in [6, 6.07) is 24.9. The third-order valence-electron chi connectivity index (χ3n) is 6.51. The maximum atomic E-state index is 13.4. The zero-order valence-electron chi connectivity index (χ0n) is 21.2. The number of nitrogens with two attached hydrogens (primary N) is 1. The van der Waals surface area contributed by atoms with Crippen molar-refractivity contribution in [2.75, 3.05) is 0 Å². The van der Waals surface area contributed by atoms with E-state index in [1.165, 1.54) is 13.0 Å². The largest absolute Gasteiger partial charge is 0.508 e. The van der Waals surface area contributed by atoms with E-state index in [-0.39, 0.29) is 22.5 Å². The summed E-state index contributed by atoms with van der Waals surface area (Å²) in [6.07, 6.45) is 0. The first-order valence-corrected chi connectivity index (χ1v) is 12.4. The predicted molar refractivity (Wildman–Crippen MR) is 145 cm³/mol. The van der Waals surface area contributed by atoms with Crippen LogP contribution in [0.3, 0.4) is 0 Å². The van der Waals surface area contributed by atoms with Crippen molar-refractivity contribution in [2.24, 2.45) is 5.73 Å². The molecule has 0 amide bonds. The van der Waals surface area contributed by atoms with Crippen molar-refractivity contribution in [3.63, 3.8) is 0 Å². The lowest BCUT2D eigenvalue weighted by Gasteiger charge is -2.28. The molecule has 9 nitrogen and oxygen atoms in total. The van der Waals surface area contributed by atoms with Crippen LogP contribution < -0.4 is 25.4 Å². The third-order valence-corrected chi connectivity index (χ3v) is 6.51. The molecule has 1 aliphatic heterocycles. The molecular formula is C31H23NO8. The van der Waals surface area contributed by atoms with E-state index in [0.29, 0.717) is 17.1 Å². The summed E-state index contributed by atoms with van der Waals surface area (Å²) in [5.41, 5.74) is 6.57. The Labute approximate surface area is 227 Å². The third kappa shape index (κ3) is 4.09. The lowest BCUT2D eigenvalue weighted by atomic mass is 9.97. The van der Waals surface area contributed by atoms with Gasteiger partial charge in [0.15, 0.2) is 17.3 Å². The number of esters is 1. The lowest BCUT2D eigenvalue weighted by molar-refractivity contribution is -0.135. The van der Waals surface area contributed by atoms with Gasteiger partial charge in [0, 0.05) is 28.8 Å². The lowest BCUT2D eigenvalue weighted by Crippen LogP contribution is -2.36. The van der Waals surface area contributed by atoms with Crippen LogP contribution in [0.5, 0.6) is 28.7 Å². The van der Waals surface area contributed by atoms with Gasteiger partial charge in [0.05, 0.1) is 0 Å². The zero-order valence-corrected chi connectivity index (χ0v) is 21.2. The van der Waals surface area contributed by atoms with Crippen LogP contribution in [0.25, 0.3) is 22.3 Å². The fraction of sp³-hybridized carbons (Fsp3) is 0.0968. The minimum absolute atomic E-state index is 0.112. The number of ether oxygens (including phenoxy) is 3. The summed E-state index contributed by atoms with van der Waals surface area (Å²) in [7, 11) is 0. The van der Waals surface area contributed by atoms with Crippen molar-refractivity contribution in [1.82, 2.24) is 0 Å². The second-order valence-electron chi connectivity index (χ2n) is 9.35. The van der Waals surface area contributed by atoms with Gasteiger partial charge < -0.3 is 34.6 Å². The molecule has 0 unspecified atom stereocenters. The first-order chi connectivity index (χ1) is 19.3. The summed E-state index contributed by atoms with van der Waals surface area (Å²) in [6.45, 7) is 1.41. The average Bonchev–Trinajstić information content (AvgIpc) is 3.35. The molecule has 0 radical (unpaired) electrons. The van der Waals surface area contributed by atoms with Crippen molar-refractivity contribution in [2.45, 2.75) is 18.8 Å². The highest BCUT2D eigenvalue weighted by atomic mass is 16.7. The van der Waals surface area contributed by atoms with E-state index in [1.54, 1.807) is 18.2 Å². The minimum atomic E-state index is -1.28. The summed E-state index contributed by atoms with van der Waals surface area (Å²) in [5, 5.41) is 20.1. The highest BCUT2D eigenvalue weighted by molar-refractivity contribution is 5.90. The van der Waals surface area contributed by atoms with Crippen LogP contribution in [0.15, 0.2) is 100 Å². The van der Waals surface area contributed by atoms with Gasteiger partial charge in [-0.3, -0.25) is 4.79 Å². The topological polar surface area (TPSA) is 141 Å². The van der Waals surface area contributed by atoms with Crippen LogP contribution in [0.1, 0.15) is 18.1 Å². The standard InChI is InChI=1S/C31H23NO8/c1-17(32)30(36)38-29-27(35)26-22(34)15-21(33)16-25(26)37-28(29)18-12-13-23-24(14-18)40-31(39-23,19-8-4-2-5-9-19)20-10-6-3-7-11-20/h2-17,33-34H,32H2,1H3/t17-/m0/s1. The molecule has 1 aromatic heterocycles. The molecule has 40 heavy (non-hydrogen) atoms. The number of aromatic hydroxyl groups is 2. The van der Waals surface area contributed by atoms with Crippen LogP contribution in [0.2, 0.25) is 0 Å². The second kappa shape index (κ2) is 9.48. The highest BCUT2D eigenvalue weighted by Crippen LogP contribution is 2.49. The van der Waals surface area contributed by atoms with Crippen LogP contribution in [-0.2, 0) is 10.6 Å². The van der Waals surface area contributed by atoms with E-state index in [1.807, 2.05) is 60.7 Å². The average molecular weight is 538 g/mol. The molecule has 5 aromatic rings. The van der Waals surface area contributed by atoms with Gasteiger partial charge in [0.1, 0.15) is 28.5 Å². The molecule has 1 aliphatic rings. The number of phenolic OH excluding ortho intramolecular Hbond substituents is 2. The molecular weight excluding hydrogens is 514 g/mol. The molecule has 0 bridgehead atoms. The smallest absolute Gasteiger partial charge is 0.328 e. The molecule has 0 saturated heterocycles. The monoisotopic (exact) mass is 537 g/mol. The van der Waals surface area contributed by atoms with Gasteiger partial charge in [-0.2, -0.15) is 0 Å². The SMILES string of the molecule is C[C@H](N)C(=O)Oc1c(-c2ccc3c(c2)OC(c2ccccc2)(c2ccccc2)O3)oc2cc(O)cc(O)c2c1=O. The van der Waals surface area contributed by atoms with E-state index in [4.69, 9.17) is 24.4 Å². The number of hydrogen-bond donors (Lipinski definition) is 3. The Kier molecular flexibility index (Phi) is 5.93. The highest BCUT2D eigenvalue weighted by Gasteiger charge is 2.45. The Balaban J connectivity index is 1.52. The van der Waals surface area contributed by atoms with E-state index < -0.39 is 34.7 Å². The van der Waals surface area contributed by atoms with Gasteiger partial charge in [0.25, 0.3) is 0 Å². The van der Waals surface area contributed by atoms with E-state index >= 15 is 0 Å². The summed E-state index contributed by atoms with van der Waals surface area (Å²) in [4.78, 5) is 25.9. The summed E-state index contributed by atoms with van der Waals surface area (Å²) < 4.78 is 24.2. The van der Waals surface area contributed by atoms with Crippen LogP contribution in [0, 0.1) is 0 Å². The normalized spacial score (nSPS) is 14.2. The van der Waals surface area contributed by atoms with Crippen molar-refractivity contribution < 1.29 is 33.6 Å². The number of carbonyl (C=O) groups is 1. The Morgan fingerprint density at radius 3 is 2.12 bits per heavy atom. The number of benzene rings is 4. The predicted octanol–water partition coefficient (Wildman–Crippen LogP) is 4.80. The molecule has 200 valence electrons. The van der Waals surface area contributed by atoms with Crippen LogP contribution in [0.4, 0.5) is 0 Å². The fourth-order valence-electron chi connectivity index (χ4n) is 4.61. The number of rotatable bonds is 5. The van der Waals surface area contributed by atoms with Gasteiger partial charge in [0.2, 0.25) is 11.2 Å². The Morgan fingerprint density at radius 2 is 1.50 bits per heavy atom.